The van der Waals surface area contributed by atoms with Gasteiger partial charge in [-0.1, -0.05) is 51.2 Å². The van der Waals surface area contributed by atoms with Gasteiger partial charge >= 0.3 is 12.0 Å². The average Bonchev–Trinajstić information content (AvgIpc) is 3.44. The van der Waals surface area contributed by atoms with Crippen LogP contribution < -0.4 is 20.7 Å². The Hall–Kier alpha value is -3.07. The normalized spacial score (nSPS) is 12.4. The maximum atomic E-state index is 13.1. The van der Waals surface area contributed by atoms with Crippen LogP contribution in [0.3, 0.4) is 0 Å². The van der Waals surface area contributed by atoms with E-state index < -0.39 is 17.6 Å². The highest BCUT2D eigenvalue weighted by Crippen LogP contribution is 2.35. The molecule has 3 rings (SSSR count). The van der Waals surface area contributed by atoms with Crippen LogP contribution in [-0.2, 0) is 17.7 Å². The zero-order valence-electron chi connectivity index (χ0n) is 23.3. The molecule has 0 unspecified atom stereocenters. The fraction of sp³-hybridized carbons (Fsp3) is 0.552. The number of rotatable bonds is 12. The van der Waals surface area contributed by atoms with Gasteiger partial charge in [-0.3, -0.25) is 10.1 Å². The van der Waals surface area contributed by atoms with Crippen molar-refractivity contribution in [1.29, 1.82) is 0 Å². The highest BCUT2D eigenvalue weighted by Gasteiger charge is 2.29. The van der Waals surface area contributed by atoms with Crippen LogP contribution in [-0.4, -0.2) is 36.7 Å². The van der Waals surface area contributed by atoms with E-state index in [0.717, 1.165) is 53.9 Å². The van der Waals surface area contributed by atoms with Crippen LogP contribution in [0.4, 0.5) is 9.80 Å². The molecule has 9 heteroatoms. The molecule has 2 heterocycles. The third kappa shape index (κ3) is 8.48. The van der Waals surface area contributed by atoms with Gasteiger partial charge in [-0.2, -0.15) is 0 Å². The van der Waals surface area contributed by atoms with Gasteiger partial charge < -0.3 is 20.1 Å². The summed E-state index contributed by atoms with van der Waals surface area (Å²) in [5.74, 6) is 0.00593. The Labute approximate surface area is 229 Å². The number of benzene rings is 1. The number of carbonyl (C=O) groups is 3. The fourth-order valence-electron chi connectivity index (χ4n) is 4.26. The largest absolute Gasteiger partial charge is 0.493 e. The number of hydrogen-bond acceptors (Lipinski definition) is 6. The van der Waals surface area contributed by atoms with E-state index >= 15 is 0 Å². The second-order valence-electron chi connectivity index (χ2n) is 10.6. The van der Waals surface area contributed by atoms with E-state index in [4.69, 9.17) is 9.47 Å². The lowest BCUT2D eigenvalue weighted by Gasteiger charge is -2.20. The number of amides is 3. The molecule has 1 aliphatic rings. The van der Waals surface area contributed by atoms with Crippen molar-refractivity contribution < 1.29 is 23.9 Å². The first-order chi connectivity index (χ1) is 18.1. The molecule has 3 amide bonds. The number of anilines is 1. The van der Waals surface area contributed by atoms with Gasteiger partial charge in [0, 0.05) is 19.5 Å². The average molecular weight is 544 g/mol. The maximum Gasteiger partial charge on any atom is 0.341 e. The van der Waals surface area contributed by atoms with Crippen molar-refractivity contribution in [1.82, 2.24) is 10.6 Å². The molecule has 1 aliphatic heterocycles. The molecule has 0 atom stereocenters. The molecule has 0 radical (unpaired) electrons. The number of hydrogen-bond donors (Lipinski definition) is 3. The molecule has 2 aromatic rings. The molecule has 1 aromatic heterocycles. The van der Waals surface area contributed by atoms with Gasteiger partial charge in [0.15, 0.2) is 0 Å². The van der Waals surface area contributed by atoms with E-state index in [0.29, 0.717) is 35.1 Å². The highest BCUT2D eigenvalue weighted by molar-refractivity contribution is 7.18. The lowest BCUT2D eigenvalue weighted by molar-refractivity contribution is 0.00705. The van der Waals surface area contributed by atoms with E-state index in [1.807, 2.05) is 18.2 Å². The summed E-state index contributed by atoms with van der Waals surface area (Å²) >= 11 is 1.08. The van der Waals surface area contributed by atoms with Gasteiger partial charge in [0.2, 0.25) is 0 Å². The Morgan fingerprint density at radius 3 is 2.53 bits per heavy atom. The van der Waals surface area contributed by atoms with Crippen LogP contribution in [0, 0.1) is 6.92 Å². The Kier molecular flexibility index (Phi) is 10.6. The second-order valence-corrected chi connectivity index (χ2v) is 11.7. The molecule has 208 valence electrons. The molecular weight excluding hydrogens is 502 g/mol. The smallest absolute Gasteiger partial charge is 0.341 e. The summed E-state index contributed by atoms with van der Waals surface area (Å²) in [4.78, 5) is 39.2. The van der Waals surface area contributed by atoms with Crippen LogP contribution in [0.15, 0.2) is 18.2 Å². The molecule has 38 heavy (non-hydrogen) atoms. The number of unbranched alkanes of at least 4 members (excludes halogenated alkanes) is 5. The van der Waals surface area contributed by atoms with Crippen LogP contribution in [0.5, 0.6) is 5.75 Å². The summed E-state index contributed by atoms with van der Waals surface area (Å²) in [6.45, 7) is 10.8. The number of urea groups is 1. The number of nitrogens with one attached hydrogen (secondary N) is 3. The van der Waals surface area contributed by atoms with Crippen molar-refractivity contribution in [3.8, 4) is 5.75 Å². The Morgan fingerprint density at radius 1 is 1.05 bits per heavy atom. The number of fused-ring (bicyclic) bond motifs is 1. The molecule has 0 saturated carbocycles. The summed E-state index contributed by atoms with van der Waals surface area (Å²) in [5, 5.41) is 8.88. The zero-order chi connectivity index (χ0) is 27.7. The molecule has 1 aromatic carbocycles. The minimum Gasteiger partial charge on any atom is -0.493 e. The predicted octanol–water partition coefficient (Wildman–Crippen LogP) is 6.36. The molecule has 0 spiro atoms. The van der Waals surface area contributed by atoms with Crippen molar-refractivity contribution in [2.75, 3.05) is 18.5 Å². The molecule has 8 nitrogen and oxygen atoms in total. The summed E-state index contributed by atoms with van der Waals surface area (Å²) in [5.41, 5.74) is 2.07. The van der Waals surface area contributed by atoms with Gasteiger partial charge in [0.05, 0.1) is 17.0 Å². The van der Waals surface area contributed by atoms with Crippen molar-refractivity contribution in [2.24, 2.45) is 0 Å². The second kappa shape index (κ2) is 13.6. The quantitative estimate of drug-likeness (QED) is 0.213. The van der Waals surface area contributed by atoms with E-state index in [-0.39, 0.29) is 11.5 Å². The standard InChI is InChI=1S/C29H41N3O5S/c1-6-7-8-9-10-11-15-30-28(35)32-26-23(27(34)37-29(3,4)5)19(2)24(38-26)25(33)31-18-20-12-13-22-21(17-20)14-16-36-22/h12-13,17H,6-11,14-16,18H2,1-5H3,(H,31,33)(H2,30,32,35). The molecule has 0 fully saturated rings. The minimum absolute atomic E-state index is 0.208. The van der Waals surface area contributed by atoms with Crippen molar-refractivity contribution >= 4 is 34.2 Å². The van der Waals surface area contributed by atoms with E-state index in [2.05, 4.69) is 22.9 Å². The molecule has 0 bridgehead atoms. The molecule has 3 N–H and O–H groups in total. The third-order valence-corrected chi connectivity index (χ3v) is 7.41. The van der Waals surface area contributed by atoms with Crippen LogP contribution >= 0.6 is 11.3 Å². The highest BCUT2D eigenvalue weighted by atomic mass is 32.1. The molecule has 0 saturated heterocycles. The van der Waals surface area contributed by atoms with Gasteiger partial charge in [0.1, 0.15) is 16.4 Å². The first-order valence-electron chi connectivity index (χ1n) is 13.5. The summed E-state index contributed by atoms with van der Waals surface area (Å²) in [6, 6.07) is 5.49. The lowest BCUT2D eigenvalue weighted by Crippen LogP contribution is -2.30. The van der Waals surface area contributed by atoms with Crippen molar-refractivity contribution in [3.63, 3.8) is 0 Å². The van der Waals surface area contributed by atoms with E-state index in [1.165, 1.54) is 19.3 Å². The predicted molar refractivity (Wildman–Crippen MR) is 151 cm³/mol. The first-order valence-corrected chi connectivity index (χ1v) is 14.3. The van der Waals surface area contributed by atoms with Crippen molar-refractivity contribution in [3.05, 3.63) is 45.3 Å². The van der Waals surface area contributed by atoms with Gasteiger partial charge in [-0.05, 0) is 56.9 Å². The first kappa shape index (κ1) is 29.5. The zero-order valence-corrected chi connectivity index (χ0v) is 24.1. The monoisotopic (exact) mass is 543 g/mol. The van der Waals surface area contributed by atoms with E-state index in [9.17, 15) is 14.4 Å². The van der Waals surface area contributed by atoms with Gasteiger partial charge in [-0.25, -0.2) is 9.59 Å². The number of carbonyl (C=O) groups excluding carboxylic acids is 3. The SMILES string of the molecule is CCCCCCCCNC(=O)Nc1sc(C(=O)NCc2ccc3c(c2)CCO3)c(C)c1C(=O)OC(C)(C)C. The van der Waals surface area contributed by atoms with Crippen LogP contribution in [0.1, 0.15) is 103 Å². The Balaban J connectivity index is 1.68. The molecule has 0 aliphatic carbocycles. The fourth-order valence-corrected chi connectivity index (χ4v) is 5.37. The number of ether oxygens (including phenoxy) is 2. The third-order valence-electron chi connectivity index (χ3n) is 6.21. The summed E-state index contributed by atoms with van der Waals surface area (Å²) in [7, 11) is 0. The summed E-state index contributed by atoms with van der Waals surface area (Å²) < 4.78 is 11.1. The van der Waals surface area contributed by atoms with Gasteiger partial charge in [0.25, 0.3) is 5.91 Å². The maximum absolute atomic E-state index is 13.1. The molecular formula is C29H41N3O5S. The van der Waals surface area contributed by atoms with Gasteiger partial charge in [-0.15, -0.1) is 11.3 Å². The lowest BCUT2D eigenvalue weighted by atomic mass is 10.1. The van der Waals surface area contributed by atoms with E-state index in [1.54, 1.807) is 27.7 Å². The Bertz CT molecular complexity index is 1140. The van der Waals surface area contributed by atoms with Crippen LogP contribution in [0.25, 0.3) is 0 Å². The Morgan fingerprint density at radius 2 is 1.79 bits per heavy atom. The number of thiophene rings is 1. The summed E-state index contributed by atoms with van der Waals surface area (Å²) in [6.07, 6.45) is 7.60. The minimum atomic E-state index is -0.720. The number of esters is 1. The van der Waals surface area contributed by atoms with Crippen LogP contribution in [0.2, 0.25) is 0 Å². The topological polar surface area (TPSA) is 106 Å². The van der Waals surface area contributed by atoms with Crippen molar-refractivity contribution in [2.45, 2.75) is 91.7 Å².